The molecular formula is C27H26FN3O5. The predicted molar refractivity (Wildman–Crippen MR) is 129 cm³/mol. The molecule has 2 amide bonds. The van der Waals surface area contributed by atoms with Gasteiger partial charge in [0, 0.05) is 36.6 Å². The monoisotopic (exact) mass is 491 g/mol. The topological polar surface area (TPSA) is 101 Å². The van der Waals surface area contributed by atoms with Gasteiger partial charge in [-0.1, -0.05) is 30.3 Å². The molecule has 0 radical (unpaired) electrons. The molecule has 1 saturated carbocycles. The summed E-state index contributed by atoms with van der Waals surface area (Å²) in [6, 6.07) is 18.6. The molecule has 1 aliphatic carbocycles. The van der Waals surface area contributed by atoms with Crippen molar-refractivity contribution in [2.75, 3.05) is 13.1 Å². The zero-order chi connectivity index (χ0) is 25.2. The van der Waals surface area contributed by atoms with Gasteiger partial charge in [0.25, 0.3) is 0 Å². The van der Waals surface area contributed by atoms with Crippen LogP contribution in [0.2, 0.25) is 0 Å². The molecule has 1 saturated heterocycles. The van der Waals surface area contributed by atoms with E-state index in [0.717, 1.165) is 11.1 Å². The number of hydrogen-bond donors (Lipinski definition) is 2. The minimum Gasteiger partial charge on any atom is -0.474 e. The number of rotatable bonds is 7. The van der Waals surface area contributed by atoms with Gasteiger partial charge in [-0.2, -0.15) is 0 Å². The first kappa shape index (κ1) is 23.6. The first-order valence-corrected chi connectivity index (χ1v) is 11.8. The second-order valence-electron chi connectivity index (χ2n) is 9.16. The van der Waals surface area contributed by atoms with Gasteiger partial charge in [-0.05, 0) is 48.4 Å². The summed E-state index contributed by atoms with van der Waals surface area (Å²) in [4.78, 5) is 29.6. The Hall–Kier alpha value is -4.14. The molecule has 2 N–H and O–H groups in total. The van der Waals surface area contributed by atoms with Crippen molar-refractivity contribution >= 4 is 12.2 Å². The number of carbonyl (C=O) groups excluding carboxylic acids is 1. The number of aromatic nitrogens is 1. The van der Waals surface area contributed by atoms with Crippen LogP contribution in [0.25, 0.3) is 11.3 Å². The number of pyridine rings is 1. The van der Waals surface area contributed by atoms with Crippen molar-refractivity contribution < 1.29 is 28.6 Å². The third-order valence-electron chi connectivity index (χ3n) is 6.65. The summed E-state index contributed by atoms with van der Waals surface area (Å²) in [6.45, 7) is 2.87. The van der Waals surface area contributed by atoms with E-state index in [2.05, 4.69) is 10.3 Å². The van der Waals surface area contributed by atoms with E-state index in [4.69, 9.17) is 9.47 Å². The van der Waals surface area contributed by atoms with E-state index < -0.39 is 18.2 Å². The summed E-state index contributed by atoms with van der Waals surface area (Å²) >= 11 is 0. The van der Waals surface area contributed by atoms with Crippen molar-refractivity contribution in [1.82, 2.24) is 15.2 Å². The first-order valence-electron chi connectivity index (χ1n) is 11.8. The van der Waals surface area contributed by atoms with Crippen molar-refractivity contribution in [3.63, 3.8) is 0 Å². The molecule has 1 aromatic heterocycles. The number of carbonyl (C=O) groups is 2. The molecule has 2 aliphatic rings. The SMILES string of the molecule is CC(NC(=O)OCc1ccccc1)c1cc(OC2[C@H]3CN(C(=O)O)C[C@@H]23)nc(-c2ccc(F)cc2)c1. The summed E-state index contributed by atoms with van der Waals surface area (Å²) in [5.74, 6) is 0.310. The van der Waals surface area contributed by atoms with Crippen molar-refractivity contribution in [1.29, 1.82) is 0 Å². The van der Waals surface area contributed by atoms with Crippen LogP contribution in [0.4, 0.5) is 14.0 Å². The van der Waals surface area contributed by atoms with E-state index in [9.17, 15) is 19.1 Å². The first-order chi connectivity index (χ1) is 17.4. The molecule has 1 aliphatic heterocycles. The number of alkyl carbamates (subject to hydrolysis) is 1. The van der Waals surface area contributed by atoms with Gasteiger partial charge in [-0.25, -0.2) is 19.0 Å². The lowest BCUT2D eigenvalue weighted by Crippen LogP contribution is -2.31. The Bertz CT molecular complexity index is 1240. The van der Waals surface area contributed by atoms with E-state index in [1.165, 1.54) is 17.0 Å². The Morgan fingerprint density at radius 3 is 2.47 bits per heavy atom. The molecule has 0 spiro atoms. The molecule has 0 bridgehead atoms. The fraction of sp³-hybridized carbons (Fsp3) is 0.296. The highest BCUT2D eigenvalue weighted by atomic mass is 19.1. The van der Waals surface area contributed by atoms with Gasteiger partial charge in [0.2, 0.25) is 5.88 Å². The van der Waals surface area contributed by atoms with Gasteiger partial charge < -0.3 is 24.8 Å². The third kappa shape index (κ3) is 5.25. The summed E-state index contributed by atoms with van der Waals surface area (Å²) in [5, 5.41) is 12.0. The predicted octanol–water partition coefficient (Wildman–Crippen LogP) is 4.86. The van der Waals surface area contributed by atoms with Gasteiger partial charge in [-0.3, -0.25) is 0 Å². The van der Waals surface area contributed by atoms with Crippen LogP contribution in [0.1, 0.15) is 24.1 Å². The number of hydrogen-bond acceptors (Lipinski definition) is 5. The Morgan fingerprint density at radius 1 is 1.11 bits per heavy atom. The van der Waals surface area contributed by atoms with Crippen molar-refractivity contribution in [3.8, 4) is 17.1 Å². The maximum absolute atomic E-state index is 13.5. The molecule has 4 atom stereocenters. The second kappa shape index (κ2) is 9.85. The zero-order valence-electron chi connectivity index (χ0n) is 19.6. The molecule has 3 aromatic rings. The van der Waals surface area contributed by atoms with Crippen LogP contribution >= 0.6 is 0 Å². The number of nitrogens with one attached hydrogen (secondary N) is 1. The minimum absolute atomic E-state index is 0.108. The molecule has 186 valence electrons. The van der Waals surface area contributed by atoms with E-state index in [0.29, 0.717) is 30.2 Å². The second-order valence-corrected chi connectivity index (χ2v) is 9.16. The number of carboxylic acid groups (broad SMARTS) is 1. The fourth-order valence-corrected chi connectivity index (χ4v) is 4.57. The summed E-state index contributed by atoms with van der Waals surface area (Å²) in [7, 11) is 0. The molecule has 36 heavy (non-hydrogen) atoms. The largest absolute Gasteiger partial charge is 0.474 e. The van der Waals surface area contributed by atoms with Crippen LogP contribution in [0.15, 0.2) is 66.7 Å². The summed E-state index contributed by atoms with van der Waals surface area (Å²) in [5.41, 5.74) is 2.91. The van der Waals surface area contributed by atoms with Crippen molar-refractivity contribution in [3.05, 3.63) is 83.7 Å². The smallest absolute Gasteiger partial charge is 0.407 e. The number of benzene rings is 2. The van der Waals surface area contributed by atoms with E-state index >= 15 is 0 Å². The van der Waals surface area contributed by atoms with Crippen LogP contribution in [0.5, 0.6) is 5.88 Å². The quantitative estimate of drug-likeness (QED) is 0.490. The molecule has 9 heteroatoms. The number of piperidine rings is 1. The van der Waals surface area contributed by atoms with Crippen LogP contribution < -0.4 is 10.1 Å². The van der Waals surface area contributed by atoms with Gasteiger partial charge in [-0.15, -0.1) is 0 Å². The molecule has 2 heterocycles. The molecule has 2 aromatic carbocycles. The highest BCUT2D eigenvalue weighted by Gasteiger charge is 2.59. The van der Waals surface area contributed by atoms with E-state index in [1.807, 2.05) is 43.3 Å². The van der Waals surface area contributed by atoms with Crippen LogP contribution in [-0.2, 0) is 11.3 Å². The third-order valence-corrected chi connectivity index (χ3v) is 6.65. The molecule has 2 fully saturated rings. The number of halogens is 1. The van der Waals surface area contributed by atoms with Crippen LogP contribution in [0, 0.1) is 17.7 Å². The Kier molecular flexibility index (Phi) is 6.45. The molecule has 2 unspecified atom stereocenters. The number of likely N-dealkylation sites (tertiary alicyclic amines) is 1. The molecular weight excluding hydrogens is 465 g/mol. The maximum Gasteiger partial charge on any atom is 0.407 e. The number of nitrogens with zero attached hydrogens (tertiary/aromatic N) is 2. The summed E-state index contributed by atoms with van der Waals surface area (Å²) in [6.07, 6.45) is -1.58. The minimum atomic E-state index is -0.918. The number of fused-ring (bicyclic) bond motifs is 1. The molecule has 5 rings (SSSR count). The van der Waals surface area contributed by atoms with Crippen molar-refractivity contribution in [2.24, 2.45) is 11.8 Å². The van der Waals surface area contributed by atoms with E-state index in [1.54, 1.807) is 18.2 Å². The Balaban J connectivity index is 1.30. The highest BCUT2D eigenvalue weighted by molar-refractivity contribution is 5.68. The average Bonchev–Trinajstić information content (AvgIpc) is 3.29. The number of ether oxygens (including phenoxy) is 2. The van der Waals surface area contributed by atoms with Gasteiger partial charge in [0.15, 0.2) is 0 Å². The van der Waals surface area contributed by atoms with E-state index in [-0.39, 0.29) is 30.4 Å². The van der Waals surface area contributed by atoms with Crippen molar-refractivity contribution in [2.45, 2.75) is 25.7 Å². The number of amides is 2. The standard InChI is InChI=1S/C27H26FN3O5/c1-16(29-26(32)35-15-17-5-3-2-4-6-17)19-11-23(18-7-9-20(28)10-8-18)30-24(12-19)36-25-21-13-31(27(33)34)14-22(21)25/h2-12,16,21-22,25H,13-15H2,1H3,(H,29,32)(H,33,34)/t16?,21-,22+,25?. The summed E-state index contributed by atoms with van der Waals surface area (Å²) < 4.78 is 25.0. The van der Waals surface area contributed by atoms with Gasteiger partial charge in [0.05, 0.1) is 11.7 Å². The Morgan fingerprint density at radius 2 is 1.81 bits per heavy atom. The average molecular weight is 492 g/mol. The normalized spacial score (nSPS) is 20.8. The van der Waals surface area contributed by atoms with Gasteiger partial charge in [0.1, 0.15) is 18.5 Å². The lowest BCUT2D eigenvalue weighted by Gasteiger charge is -2.19. The fourth-order valence-electron chi connectivity index (χ4n) is 4.57. The van der Waals surface area contributed by atoms with Crippen LogP contribution in [-0.4, -0.2) is 46.4 Å². The lowest BCUT2D eigenvalue weighted by molar-refractivity contribution is 0.135. The highest BCUT2D eigenvalue weighted by Crippen LogP contribution is 2.48. The molecule has 8 nitrogen and oxygen atoms in total. The lowest BCUT2D eigenvalue weighted by atomic mass is 10.1. The maximum atomic E-state index is 13.5. The van der Waals surface area contributed by atoms with Crippen LogP contribution in [0.3, 0.4) is 0 Å². The zero-order valence-corrected chi connectivity index (χ0v) is 19.6. The Labute approximate surface area is 207 Å². The van der Waals surface area contributed by atoms with Gasteiger partial charge >= 0.3 is 12.2 Å².